The predicted molar refractivity (Wildman–Crippen MR) is 130 cm³/mol. The van der Waals surface area contributed by atoms with E-state index in [1.54, 1.807) is 0 Å². The molecule has 0 bridgehead atoms. The van der Waals surface area contributed by atoms with Crippen LogP contribution in [0.25, 0.3) is 0 Å². The lowest BCUT2D eigenvalue weighted by Gasteiger charge is -2.30. The van der Waals surface area contributed by atoms with Gasteiger partial charge in [-0.05, 0) is 25.3 Å². The van der Waals surface area contributed by atoms with Crippen molar-refractivity contribution < 1.29 is 32.7 Å². The number of nitrogens with zero attached hydrogens (tertiary/aromatic N) is 2. The van der Waals surface area contributed by atoms with Gasteiger partial charge in [0.25, 0.3) is 0 Å². The Labute approximate surface area is 212 Å². The molecule has 36 heavy (non-hydrogen) atoms. The Balaban J connectivity index is 0.000000572. The fourth-order valence-corrected chi connectivity index (χ4v) is 4.50. The van der Waals surface area contributed by atoms with E-state index in [1.807, 2.05) is 6.08 Å². The molecule has 0 spiro atoms. The van der Waals surface area contributed by atoms with E-state index < -0.39 is 12.1 Å². The summed E-state index contributed by atoms with van der Waals surface area (Å²) >= 11 is 1.39. The zero-order valence-corrected chi connectivity index (χ0v) is 21.5. The van der Waals surface area contributed by atoms with Crippen LogP contribution in [0.1, 0.15) is 70.7 Å². The van der Waals surface area contributed by atoms with E-state index >= 15 is 0 Å². The fraction of sp³-hybridized carbons (Fsp3) is 0.696. The number of anilines is 1. The molecule has 3 rings (SSSR count). The molecule has 4 N–H and O–H groups in total. The van der Waals surface area contributed by atoms with Crippen molar-refractivity contribution in [2.75, 3.05) is 11.9 Å². The Kier molecular flexibility index (Phi) is 10.8. The van der Waals surface area contributed by atoms with Crippen molar-refractivity contribution in [3.63, 3.8) is 0 Å². The molecule has 1 aliphatic carbocycles. The number of alkyl halides is 3. The normalized spacial score (nSPS) is 19.6. The van der Waals surface area contributed by atoms with Crippen LogP contribution in [0.15, 0.2) is 12.2 Å². The summed E-state index contributed by atoms with van der Waals surface area (Å²) in [7, 11) is 0. The maximum Gasteiger partial charge on any atom is 0.490 e. The molecule has 202 valence electrons. The van der Waals surface area contributed by atoms with E-state index in [2.05, 4.69) is 46.9 Å². The van der Waals surface area contributed by atoms with Gasteiger partial charge in [0.15, 0.2) is 0 Å². The zero-order chi connectivity index (χ0) is 26.9. The number of carbonyl (C=O) groups excluding carboxylic acids is 2. The SMILES string of the molecule is CC(C)(C)c1nnc(NC(=O)/C=C/[C@H](CC2CCCCC2)NC(=O)[C@@H]2CCN2)s1.O=C(O)C(F)(F)F. The first-order valence-electron chi connectivity index (χ1n) is 11.9. The lowest BCUT2D eigenvalue weighted by molar-refractivity contribution is -0.192. The highest BCUT2D eigenvalue weighted by atomic mass is 32.1. The van der Waals surface area contributed by atoms with Crippen LogP contribution in [0.4, 0.5) is 18.3 Å². The number of carboxylic acid groups (broad SMARTS) is 1. The largest absolute Gasteiger partial charge is 0.490 e. The maximum atomic E-state index is 12.4. The summed E-state index contributed by atoms with van der Waals surface area (Å²) in [6.45, 7) is 7.08. The third-order valence-corrected chi connectivity index (χ3v) is 7.06. The lowest BCUT2D eigenvalue weighted by atomic mass is 9.84. The van der Waals surface area contributed by atoms with Crippen LogP contribution in [-0.4, -0.2) is 57.9 Å². The number of amides is 2. The van der Waals surface area contributed by atoms with Gasteiger partial charge in [-0.15, -0.1) is 10.2 Å². The fourth-order valence-electron chi connectivity index (χ4n) is 3.69. The molecule has 0 aromatic carbocycles. The number of halogens is 3. The molecule has 1 saturated heterocycles. The van der Waals surface area contributed by atoms with Crippen LogP contribution < -0.4 is 16.0 Å². The molecule has 2 fully saturated rings. The van der Waals surface area contributed by atoms with Crippen LogP contribution in [0.5, 0.6) is 0 Å². The second-order valence-corrected chi connectivity index (χ2v) is 10.9. The Morgan fingerprint density at radius 2 is 1.75 bits per heavy atom. The minimum atomic E-state index is -5.08. The molecule has 13 heteroatoms. The van der Waals surface area contributed by atoms with Gasteiger partial charge in [-0.1, -0.05) is 70.3 Å². The molecule has 9 nitrogen and oxygen atoms in total. The highest BCUT2D eigenvalue weighted by molar-refractivity contribution is 7.15. The summed E-state index contributed by atoms with van der Waals surface area (Å²) in [5.41, 5.74) is -0.0958. The molecule has 0 radical (unpaired) electrons. The first-order chi connectivity index (χ1) is 16.8. The van der Waals surface area contributed by atoms with Crippen molar-refractivity contribution in [1.82, 2.24) is 20.8 Å². The van der Waals surface area contributed by atoms with Crippen molar-refractivity contribution in [1.29, 1.82) is 0 Å². The molecular formula is C23H34F3N5O4S. The number of rotatable bonds is 7. The van der Waals surface area contributed by atoms with Crippen LogP contribution in [0.3, 0.4) is 0 Å². The standard InChI is InChI=1S/C21H33N5O2S.C2HF3O2/c1-21(2,3)19-25-26-20(29-19)24-17(27)10-9-15(13-14-7-5-4-6-8-14)23-18(28)16-11-12-22-16;3-2(4,5)1(6)7/h9-10,14-16,22H,4-8,11-13H2,1-3H3,(H,23,28)(H,24,26,27);(H,6,7)/b10-9+;/t15-,16+;/m1./s1. The summed E-state index contributed by atoms with van der Waals surface area (Å²) < 4.78 is 31.7. The molecule has 0 unspecified atom stereocenters. The van der Waals surface area contributed by atoms with Crippen LogP contribution in [0, 0.1) is 5.92 Å². The van der Waals surface area contributed by atoms with E-state index in [0.29, 0.717) is 11.0 Å². The van der Waals surface area contributed by atoms with Crippen molar-refractivity contribution in [3.8, 4) is 0 Å². The summed E-state index contributed by atoms with van der Waals surface area (Å²) in [5.74, 6) is -2.37. The van der Waals surface area contributed by atoms with Gasteiger partial charge in [-0.25, -0.2) is 4.79 Å². The number of hydrogen-bond donors (Lipinski definition) is 4. The second kappa shape index (κ2) is 13.1. The van der Waals surface area contributed by atoms with E-state index in [-0.39, 0.29) is 29.3 Å². The predicted octanol–water partition coefficient (Wildman–Crippen LogP) is 3.78. The van der Waals surface area contributed by atoms with Crippen molar-refractivity contribution >= 4 is 34.3 Å². The molecule has 1 saturated carbocycles. The van der Waals surface area contributed by atoms with Crippen LogP contribution >= 0.6 is 11.3 Å². The van der Waals surface area contributed by atoms with Gasteiger partial charge in [0.05, 0.1) is 6.04 Å². The summed E-state index contributed by atoms with van der Waals surface area (Å²) in [5, 5.41) is 25.8. The molecule has 2 aliphatic rings. The van der Waals surface area contributed by atoms with E-state index in [4.69, 9.17) is 9.90 Å². The Morgan fingerprint density at radius 3 is 2.22 bits per heavy atom. The average Bonchev–Trinajstić information content (AvgIpc) is 3.20. The topological polar surface area (TPSA) is 133 Å². The van der Waals surface area contributed by atoms with Gasteiger partial charge < -0.3 is 15.7 Å². The summed E-state index contributed by atoms with van der Waals surface area (Å²) in [6, 6.07) is -0.221. The van der Waals surface area contributed by atoms with Crippen molar-refractivity contribution in [2.24, 2.45) is 5.92 Å². The molecule has 2 amide bonds. The number of carbonyl (C=O) groups is 3. The van der Waals surface area contributed by atoms with E-state index in [1.165, 1.54) is 49.5 Å². The number of hydrogen-bond acceptors (Lipinski definition) is 7. The van der Waals surface area contributed by atoms with Gasteiger partial charge in [0.2, 0.25) is 16.9 Å². The van der Waals surface area contributed by atoms with Gasteiger partial charge in [0, 0.05) is 17.5 Å². The van der Waals surface area contributed by atoms with Gasteiger partial charge in [-0.3, -0.25) is 14.9 Å². The first-order valence-corrected chi connectivity index (χ1v) is 12.7. The first kappa shape index (κ1) is 29.7. The minimum absolute atomic E-state index is 0.0288. The number of aliphatic carboxylic acids is 1. The molecule has 1 aromatic rings. The maximum absolute atomic E-state index is 12.4. The number of aromatic nitrogens is 2. The van der Waals surface area contributed by atoms with Crippen molar-refractivity contribution in [3.05, 3.63) is 17.2 Å². The Morgan fingerprint density at radius 1 is 1.14 bits per heavy atom. The molecular weight excluding hydrogens is 499 g/mol. The Hall–Kier alpha value is -2.54. The van der Waals surface area contributed by atoms with Gasteiger partial charge in [-0.2, -0.15) is 13.2 Å². The monoisotopic (exact) mass is 533 g/mol. The molecule has 1 aliphatic heterocycles. The minimum Gasteiger partial charge on any atom is -0.475 e. The zero-order valence-electron chi connectivity index (χ0n) is 20.7. The summed E-state index contributed by atoms with van der Waals surface area (Å²) in [4.78, 5) is 33.7. The smallest absolute Gasteiger partial charge is 0.475 e. The molecule has 2 atom stereocenters. The number of nitrogens with one attached hydrogen (secondary N) is 3. The third kappa shape index (κ3) is 10.2. The Bertz CT molecular complexity index is 920. The average molecular weight is 534 g/mol. The highest BCUT2D eigenvalue weighted by Crippen LogP contribution is 2.29. The second-order valence-electron chi connectivity index (χ2n) is 9.96. The lowest BCUT2D eigenvalue weighted by Crippen LogP contribution is -2.55. The van der Waals surface area contributed by atoms with Crippen LogP contribution in [-0.2, 0) is 19.8 Å². The molecule has 1 aromatic heterocycles. The van der Waals surface area contributed by atoms with Gasteiger partial charge in [0.1, 0.15) is 5.01 Å². The quantitative estimate of drug-likeness (QED) is 0.392. The van der Waals surface area contributed by atoms with E-state index in [9.17, 15) is 22.8 Å². The van der Waals surface area contributed by atoms with Crippen molar-refractivity contribution in [2.45, 2.75) is 89.4 Å². The molecule has 2 heterocycles. The highest BCUT2D eigenvalue weighted by Gasteiger charge is 2.38. The van der Waals surface area contributed by atoms with E-state index in [0.717, 1.165) is 24.4 Å². The van der Waals surface area contributed by atoms with Crippen LogP contribution in [0.2, 0.25) is 0 Å². The third-order valence-electron chi connectivity index (χ3n) is 5.80. The number of carboxylic acids is 1. The summed E-state index contributed by atoms with van der Waals surface area (Å²) in [6.07, 6.45) is 6.24. The van der Waals surface area contributed by atoms with Gasteiger partial charge >= 0.3 is 12.1 Å².